The van der Waals surface area contributed by atoms with E-state index < -0.39 is 17.7 Å². The maximum Gasteiger partial charge on any atom is 0.212 e. The second kappa shape index (κ2) is 6.97. The fraction of sp³-hybridized carbons (Fsp3) is 0.167. The van der Waals surface area contributed by atoms with Crippen LogP contribution in [0.2, 0.25) is 0 Å². The Kier molecular flexibility index (Phi) is 4.52. The number of benzene rings is 2. The molecule has 2 N–H and O–H groups in total. The third kappa shape index (κ3) is 3.25. The molecule has 1 aliphatic rings. The highest BCUT2D eigenvalue weighted by molar-refractivity contribution is 7.99. The Morgan fingerprint density at radius 1 is 1.12 bits per heavy atom. The number of thioether (sulfide) groups is 1. The molecule has 3 aromatic rings. The molecule has 1 atom stereocenters. The Labute approximate surface area is 152 Å². The minimum absolute atomic E-state index is 0.265. The molecule has 0 saturated heterocycles. The van der Waals surface area contributed by atoms with E-state index in [0.717, 1.165) is 11.6 Å². The molecule has 0 fully saturated rings. The van der Waals surface area contributed by atoms with Crippen molar-refractivity contribution in [3.05, 3.63) is 77.1 Å². The Bertz CT molecular complexity index is 971. The standard InChI is InChI=1S/C18H15F2N5S/c19-12-6-7-13(14(20)9-12)16-10-26-18-23-22-17(25(18)24-16)15(21)8-11-4-2-1-3-5-11/h1-7,9,15H,8,10,21H2. The molecule has 132 valence electrons. The SMILES string of the molecule is NC(Cc1ccccc1)c1nnc2n1N=C(c1ccc(F)cc1F)CS2. The highest BCUT2D eigenvalue weighted by Crippen LogP contribution is 2.27. The van der Waals surface area contributed by atoms with E-state index in [9.17, 15) is 8.78 Å². The summed E-state index contributed by atoms with van der Waals surface area (Å²) in [6, 6.07) is 12.9. The molecule has 0 aliphatic carbocycles. The first kappa shape index (κ1) is 16.9. The minimum atomic E-state index is -0.643. The molecule has 0 bridgehead atoms. The van der Waals surface area contributed by atoms with E-state index in [2.05, 4.69) is 15.3 Å². The molecule has 4 rings (SSSR count). The van der Waals surface area contributed by atoms with Gasteiger partial charge in [0.05, 0.1) is 11.8 Å². The predicted octanol–water partition coefficient (Wildman–Crippen LogP) is 3.16. The fourth-order valence-electron chi connectivity index (χ4n) is 2.79. The minimum Gasteiger partial charge on any atom is -0.321 e. The number of fused-ring (bicyclic) bond motifs is 1. The van der Waals surface area contributed by atoms with Gasteiger partial charge in [-0.25, -0.2) is 8.78 Å². The molecule has 1 aromatic heterocycles. The topological polar surface area (TPSA) is 69.1 Å². The molecule has 5 nitrogen and oxygen atoms in total. The van der Waals surface area contributed by atoms with Crippen molar-refractivity contribution in [1.29, 1.82) is 0 Å². The van der Waals surface area contributed by atoms with E-state index in [1.807, 2.05) is 30.3 Å². The summed E-state index contributed by atoms with van der Waals surface area (Å²) in [6.45, 7) is 0. The maximum atomic E-state index is 14.1. The average Bonchev–Trinajstić information content (AvgIpc) is 3.06. The smallest absolute Gasteiger partial charge is 0.212 e. The van der Waals surface area contributed by atoms with Crippen molar-refractivity contribution >= 4 is 17.5 Å². The number of hydrogen-bond acceptors (Lipinski definition) is 5. The second-order valence-corrected chi connectivity index (χ2v) is 6.85. The van der Waals surface area contributed by atoms with E-state index in [0.29, 0.717) is 28.9 Å². The van der Waals surface area contributed by atoms with Crippen LogP contribution in [0.4, 0.5) is 8.78 Å². The number of nitrogens with two attached hydrogens (primary N) is 1. The van der Waals surface area contributed by atoms with Crippen molar-refractivity contribution in [1.82, 2.24) is 14.9 Å². The van der Waals surface area contributed by atoms with Crippen molar-refractivity contribution in [3.63, 3.8) is 0 Å². The van der Waals surface area contributed by atoms with Crippen LogP contribution in [0.15, 0.2) is 58.8 Å². The Morgan fingerprint density at radius 2 is 1.92 bits per heavy atom. The monoisotopic (exact) mass is 371 g/mol. The summed E-state index contributed by atoms with van der Waals surface area (Å²) in [7, 11) is 0. The lowest BCUT2D eigenvalue weighted by Crippen LogP contribution is -2.21. The summed E-state index contributed by atoms with van der Waals surface area (Å²) >= 11 is 1.39. The zero-order valence-corrected chi connectivity index (χ0v) is 14.5. The molecule has 2 aromatic carbocycles. The Hall–Kier alpha value is -2.58. The van der Waals surface area contributed by atoms with Crippen molar-refractivity contribution in [2.75, 3.05) is 5.75 Å². The normalized spacial score (nSPS) is 14.7. The van der Waals surface area contributed by atoms with Gasteiger partial charge < -0.3 is 5.73 Å². The summed E-state index contributed by atoms with van der Waals surface area (Å²) < 4.78 is 28.8. The lowest BCUT2D eigenvalue weighted by molar-refractivity contribution is 0.580. The molecule has 0 spiro atoms. The van der Waals surface area contributed by atoms with E-state index in [-0.39, 0.29) is 5.56 Å². The first-order valence-electron chi connectivity index (χ1n) is 8.02. The Morgan fingerprint density at radius 3 is 2.69 bits per heavy atom. The van der Waals surface area contributed by atoms with Gasteiger partial charge in [-0.15, -0.1) is 10.2 Å². The van der Waals surface area contributed by atoms with Gasteiger partial charge in [0.2, 0.25) is 5.16 Å². The van der Waals surface area contributed by atoms with E-state index in [4.69, 9.17) is 5.73 Å². The summed E-state index contributed by atoms with van der Waals surface area (Å²) in [4.78, 5) is 0. The molecular weight excluding hydrogens is 356 g/mol. The van der Waals surface area contributed by atoms with Gasteiger partial charge in [-0.1, -0.05) is 42.1 Å². The van der Waals surface area contributed by atoms with Crippen LogP contribution in [-0.4, -0.2) is 26.3 Å². The van der Waals surface area contributed by atoms with Crippen LogP contribution >= 0.6 is 11.8 Å². The first-order valence-corrected chi connectivity index (χ1v) is 9.01. The number of hydrogen-bond donors (Lipinski definition) is 1. The molecule has 8 heteroatoms. The molecule has 0 saturated carbocycles. The van der Waals surface area contributed by atoms with Gasteiger partial charge in [0.1, 0.15) is 11.6 Å². The van der Waals surface area contributed by atoms with Crippen LogP contribution in [0.5, 0.6) is 0 Å². The molecule has 1 aliphatic heterocycles. The number of aromatic nitrogens is 3. The van der Waals surface area contributed by atoms with Gasteiger partial charge in [0.25, 0.3) is 0 Å². The highest BCUT2D eigenvalue weighted by atomic mass is 32.2. The van der Waals surface area contributed by atoms with Crippen LogP contribution in [0.25, 0.3) is 0 Å². The number of halogens is 2. The van der Waals surface area contributed by atoms with Crippen molar-refractivity contribution in [2.24, 2.45) is 10.8 Å². The molecule has 0 radical (unpaired) electrons. The van der Waals surface area contributed by atoms with Crippen LogP contribution in [0.3, 0.4) is 0 Å². The van der Waals surface area contributed by atoms with E-state index in [1.54, 1.807) is 4.68 Å². The molecular formula is C18H15F2N5S. The van der Waals surface area contributed by atoms with Crippen LogP contribution in [0.1, 0.15) is 23.0 Å². The number of nitrogens with zero attached hydrogens (tertiary/aromatic N) is 4. The molecule has 1 unspecified atom stereocenters. The third-order valence-electron chi connectivity index (χ3n) is 4.07. The average molecular weight is 371 g/mol. The zero-order valence-electron chi connectivity index (χ0n) is 13.6. The van der Waals surface area contributed by atoms with Crippen molar-refractivity contribution < 1.29 is 8.78 Å². The zero-order chi connectivity index (χ0) is 18.1. The molecule has 26 heavy (non-hydrogen) atoms. The predicted molar refractivity (Wildman–Crippen MR) is 96.1 cm³/mol. The van der Waals surface area contributed by atoms with Crippen LogP contribution in [-0.2, 0) is 6.42 Å². The van der Waals surface area contributed by atoms with Gasteiger partial charge in [0.15, 0.2) is 5.82 Å². The number of rotatable bonds is 4. The second-order valence-electron chi connectivity index (χ2n) is 5.91. The summed E-state index contributed by atoms with van der Waals surface area (Å²) in [5, 5.41) is 13.4. The lowest BCUT2D eigenvalue weighted by atomic mass is 10.1. The van der Waals surface area contributed by atoms with E-state index in [1.165, 1.54) is 23.9 Å². The summed E-state index contributed by atoms with van der Waals surface area (Å²) in [5.74, 6) is -0.327. The van der Waals surface area contributed by atoms with Crippen LogP contribution < -0.4 is 5.73 Å². The first-order chi connectivity index (χ1) is 12.6. The largest absolute Gasteiger partial charge is 0.321 e. The van der Waals surface area contributed by atoms with E-state index >= 15 is 0 Å². The maximum absolute atomic E-state index is 14.1. The highest BCUT2D eigenvalue weighted by Gasteiger charge is 2.24. The third-order valence-corrected chi connectivity index (χ3v) is 5.00. The van der Waals surface area contributed by atoms with Gasteiger partial charge in [0, 0.05) is 17.4 Å². The summed E-state index contributed by atoms with van der Waals surface area (Å²) in [5.41, 5.74) is 8.14. The van der Waals surface area contributed by atoms with Crippen molar-refractivity contribution in [3.8, 4) is 0 Å². The fourth-order valence-corrected chi connectivity index (χ4v) is 3.62. The molecule has 2 heterocycles. The Balaban J connectivity index is 1.66. The van der Waals surface area contributed by atoms with Gasteiger partial charge in [-0.3, -0.25) is 0 Å². The van der Waals surface area contributed by atoms with Crippen molar-refractivity contribution in [2.45, 2.75) is 17.6 Å². The summed E-state index contributed by atoms with van der Waals surface area (Å²) in [6.07, 6.45) is 0.583. The molecule has 0 amide bonds. The quantitative estimate of drug-likeness (QED) is 0.765. The van der Waals surface area contributed by atoms with Gasteiger partial charge in [-0.05, 0) is 24.1 Å². The van der Waals surface area contributed by atoms with Gasteiger partial charge >= 0.3 is 0 Å². The lowest BCUT2D eigenvalue weighted by Gasteiger charge is -2.16. The van der Waals surface area contributed by atoms with Crippen LogP contribution in [0, 0.1) is 11.6 Å². The van der Waals surface area contributed by atoms with Gasteiger partial charge in [-0.2, -0.15) is 9.78 Å².